The third kappa shape index (κ3) is 6.67. The quantitative estimate of drug-likeness (QED) is 0.476. The molecule has 0 saturated heterocycles. The maximum absolute atomic E-state index is 8.57. The van der Waals surface area contributed by atoms with Crippen LogP contribution in [-0.4, -0.2) is 5.94 Å². The Balaban J connectivity index is 0.000000187. The van der Waals surface area contributed by atoms with Crippen LogP contribution in [0.3, 0.4) is 0 Å². The molecule has 0 amide bonds. The third-order valence-corrected chi connectivity index (χ3v) is 0.667. The van der Waals surface area contributed by atoms with Crippen molar-refractivity contribution >= 4 is 5.94 Å². The highest BCUT2D eigenvalue weighted by molar-refractivity contribution is 5.38. The number of hydrogen-bond acceptors (Lipinski definition) is 1. The van der Waals surface area contributed by atoms with Crippen molar-refractivity contribution in [2.75, 3.05) is 0 Å². The fourth-order valence-corrected chi connectivity index (χ4v) is 0.385. The molecule has 0 N–H and O–H groups in total. The van der Waals surface area contributed by atoms with Crippen LogP contribution < -0.4 is 0 Å². The van der Waals surface area contributed by atoms with Crippen molar-refractivity contribution in [3.05, 3.63) is 43.0 Å². The first-order chi connectivity index (χ1) is 4.41. The summed E-state index contributed by atoms with van der Waals surface area (Å²) in [6.07, 6.45) is 0. The molecule has 0 unspecified atom stereocenters. The number of hydrogen-bond donors (Lipinski definition) is 0. The lowest BCUT2D eigenvalue weighted by Crippen LogP contribution is -1.47. The van der Waals surface area contributed by atoms with E-state index in [4.69, 9.17) is 4.79 Å². The van der Waals surface area contributed by atoms with Gasteiger partial charge in [-0.2, -0.15) is 0 Å². The van der Waals surface area contributed by atoms with Crippen molar-refractivity contribution in [3.63, 3.8) is 0 Å². The van der Waals surface area contributed by atoms with E-state index in [2.05, 4.69) is 6.58 Å². The van der Waals surface area contributed by atoms with Gasteiger partial charge in [-0.05, 0) is 6.58 Å². The van der Waals surface area contributed by atoms with Crippen molar-refractivity contribution < 1.29 is 4.79 Å². The molecule has 1 heteroatoms. The van der Waals surface area contributed by atoms with Crippen molar-refractivity contribution in [2.24, 2.45) is 0 Å². The second-order valence-corrected chi connectivity index (χ2v) is 1.30. The summed E-state index contributed by atoms with van der Waals surface area (Å²) in [6.45, 7) is 2.68. The predicted molar refractivity (Wildman–Crippen MR) is 37.8 cm³/mol. The van der Waals surface area contributed by atoms with Gasteiger partial charge >= 0.3 is 0 Å². The minimum absolute atomic E-state index is 1.25. The lowest BCUT2D eigenvalue weighted by atomic mass is 10.4. The molecule has 1 aromatic rings. The SMILES string of the molecule is C=C=O.c1ccccc1. The Morgan fingerprint density at radius 3 is 1.11 bits per heavy atom. The Morgan fingerprint density at radius 2 is 1.00 bits per heavy atom. The smallest absolute Gasteiger partial charge is 0.116 e. The lowest BCUT2D eigenvalue weighted by Gasteiger charge is -1.69. The zero-order chi connectivity index (χ0) is 6.95. The molecule has 1 nitrogen and oxygen atoms in total. The van der Waals surface area contributed by atoms with Crippen LogP contribution >= 0.6 is 0 Å². The number of benzene rings is 1. The zero-order valence-corrected chi connectivity index (χ0v) is 5.08. The molecule has 0 aliphatic heterocycles. The predicted octanol–water partition coefficient (Wildman–Crippen LogP) is 1.69. The molecule has 1 aromatic carbocycles. The number of rotatable bonds is 0. The molecule has 0 aromatic heterocycles. The minimum Gasteiger partial charge on any atom is -0.234 e. The van der Waals surface area contributed by atoms with Crippen molar-refractivity contribution in [1.82, 2.24) is 0 Å². The minimum atomic E-state index is 1.25. The Kier molecular flexibility index (Phi) is 5.68. The second kappa shape index (κ2) is 6.67. The van der Waals surface area contributed by atoms with E-state index < -0.39 is 0 Å². The maximum Gasteiger partial charge on any atom is 0.116 e. The summed E-state index contributed by atoms with van der Waals surface area (Å²) in [5.41, 5.74) is 0. The first kappa shape index (κ1) is 7.67. The van der Waals surface area contributed by atoms with Crippen LogP contribution in [0.4, 0.5) is 0 Å². The van der Waals surface area contributed by atoms with Gasteiger partial charge < -0.3 is 0 Å². The summed E-state index contributed by atoms with van der Waals surface area (Å²) in [4.78, 5) is 8.57. The van der Waals surface area contributed by atoms with E-state index in [1.807, 2.05) is 36.4 Å². The molecule has 0 aliphatic carbocycles. The van der Waals surface area contributed by atoms with Gasteiger partial charge in [-0.25, -0.2) is 4.79 Å². The normalized spacial score (nSPS) is 6.22. The lowest BCUT2D eigenvalue weighted by molar-refractivity contribution is 0.569. The first-order valence-electron chi connectivity index (χ1n) is 2.56. The van der Waals surface area contributed by atoms with E-state index in [0.717, 1.165) is 0 Å². The monoisotopic (exact) mass is 120 g/mol. The fraction of sp³-hybridized carbons (Fsp3) is 0. The van der Waals surface area contributed by atoms with Gasteiger partial charge in [0.1, 0.15) is 5.94 Å². The molecule has 9 heavy (non-hydrogen) atoms. The summed E-state index contributed by atoms with van der Waals surface area (Å²) < 4.78 is 0. The van der Waals surface area contributed by atoms with Crippen molar-refractivity contribution in [1.29, 1.82) is 0 Å². The molecule has 0 aliphatic rings. The Bertz CT molecular complexity index is 134. The summed E-state index contributed by atoms with van der Waals surface area (Å²) in [5, 5.41) is 0. The summed E-state index contributed by atoms with van der Waals surface area (Å²) >= 11 is 0. The molecular weight excluding hydrogens is 112 g/mol. The average molecular weight is 120 g/mol. The molecule has 0 fully saturated rings. The van der Waals surface area contributed by atoms with E-state index in [1.165, 1.54) is 5.94 Å². The fourth-order valence-electron chi connectivity index (χ4n) is 0.385. The Morgan fingerprint density at radius 1 is 0.889 bits per heavy atom. The van der Waals surface area contributed by atoms with Gasteiger partial charge in [0.25, 0.3) is 0 Å². The standard InChI is InChI=1S/C6H6.C2H2O/c1-2-4-6-5-3-1;1-2-3/h1-6H;1H2. The highest BCUT2D eigenvalue weighted by Crippen LogP contribution is 1.79. The molecule has 0 atom stereocenters. The molecule has 1 rings (SSSR count). The topological polar surface area (TPSA) is 17.1 Å². The van der Waals surface area contributed by atoms with E-state index in [1.54, 1.807) is 0 Å². The van der Waals surface area contributed by atoms with Crippen LogP contribution in [0, 0.1) is 0 Å². The molecular formula is C8H8O. The third-order valence-electron chi connectivity index (χ3n) is 0.667. The van der Waals surface area contributed by atoms with Crippen molar-refractivity contribution in [2.45, 2.75) is 0 Å². The second-order valence-electron chi connectivity index (χ2n) is 1.30. The van der Waals surface area contributed by atoms with Gasteiger partial charge in [0, 0.05) is 0 Å². The van der Waals surface area contributed by atoms with Gasteiger partial charge in [-0.3, -0.25) is 0 Å². The average Bonchev–Trinajstić information content (AvgIpc) is 1.93. The summed E-state index contributed by atoms with van der Waals surface area (Å²) in [6, 6.07) is 12.0. The van der Waals surface area contributed by atoms with E-state index in [9.17, 15) is 0 Å². The Hall–Kier alpha value is -1.33. The van der Waals surface area contributed by atoms with Gasteiger partial charge in [0.15, 0.2) is 0 Å². The highest BCUT2D eigenvalue weighted by Gasteiger charge is 1.57. The van der Waals surface area contributed by atoms with Crippen LogP contribution in [0.2, 0.25) is 0 Å². The zero-order valence-electron chi connectivity index (χ0n) is 5.08. The molecule has 0 saturated carbocycles. The summed E-state index contributed by atoms with van der Waals surface area (Å²) in [5.74, 6) is 1.25. The van der Waals surface area contributed by atoms with Gasteiger partial charge in [-0.1, -0.05) is 36.4 Å². The summed E-state index contributed by atoms with van der Waals surface area (Å²) in [7, 11) is 0. The van der Waals surface area contributed by atoms with Crippen LogP contribution in [-0.2, 0) is 4.79 Å². The molecule has 0 heterocycles. The van der Waals surface area contributed by atoms with E-state index in [0.29, 0.717) is 0 Å². The van der Waals surface area contributed by atoms with Gasteiger partial charge in [0.05, 0.1) is 0 Å². The van der Waals surface area contributed by atoms with Crippen LogP contribution in [0.15, 0.2) is 43.0 Å². The first-order valence-corrected chi connectivity index (χ1v) is 2.56. The highest BCUT2D eigenvalue weighted by atomic mass is 16.1. The van der Waals surface area contributed by atoms with E-state index in [-0.39, 0.29) is 0 Å². The molecule has 0 spiro atoms. The Labute approximate surface area is 54.6 Å². The van der Waals surface area contributed by atoms with Crippen molar-refractivity contribution in [3.8, 4) is 0 Å². The van der Waals surface area contributed by atoms with Crippen LogP contribution in [0.5, 0.6) is 0 Å². The van der Waals surface area contributed by atoms with Gasteiger partial charge in [-0.15, -0.1) is 0 Å². The molecule has 46 valence electrons. The van der Waals surface area contributed by atoms with Crippen LogP contribution in [0.1, 0.15) is 0 Å². The van der Waals surface area contributed by atoms with Gasteiger partial charge in [0.2, 0.25) is 0 Å². The molecule has 0 radical (unpaired) electrons. The largest absolute Gasteiger partial charge is 0.234 e. The number of carbonyl (C=O) groups excluding carboxylic acids is 1. The van der Waals surface area contributed by atoms with E-state index >= 15 is 0 Å². The maximum atomic E-state index is 8.57. The molecule has 0 bridgehead atoms. The van der Waals surface area contributed by atoms with Crippen LogP contribution in [0.25, 0.3) is 0 Å².